The highest BCUT2D eigenvalue weighted by Gasteiger charge is 2.29. The average molecular weight is 395 g/mol. The number of fused-ring (bicyclic) bond motifs is 1. The van der Waals surface area contributed by atoms with Gasteiger partial charge in [0, 0.05) is 43.5 Å². The molecule has 0 radical (unpaired) electrons. The van der Waals surface area contributed by atoms with Crippen LogP contribution in [-0.2, 0) is 17.8 Å². The van der Waals surface area contributed by atoms with E-state index in [9.17, 15) is 14.0 Å². The maximum absolute atomic E-state index is 13.5. The molecule has 0 unspecified atom stereocenters. The zero-order valence-electron chi connectivity index (χ0n) is 16.9. The summed E-state index contributed by atoms with van der Waals surface area (Å²) in [5.41, 5.74) is 3.04. The van der Waals surface area contributed by atoms with Gasteiger partial charge in [0.15, 0.2) is 0 Å². The highest BCUT2D eigenvalue weighted by Crippen LogP contribution is 2.31. The van der Waals surface area contributed by atoms with Crippen molar-refractivity contribution in [1.29, 1.82) is 0 Å². The van der Waals surface area contributed by atoms with Crippen molar-refractivity contribution in [1.82, 2.24) is 9.80 Å². The van der Waals surface area contributed by atoms with E-state index < -0.39 is 0 Å². The molecule has 29 heavy (non-hydrogen) atoms. The van der Waals surface area contributed by atoms with Crippen LogP contribution in [0.1, 0.15) is 35.3 Å². The fourth-order valence-corrected chi connectivity index (χ4v) is 4.13. The summed E-state index contributed by atoms with van der Waals surface area (Å²) in [5.74, 6) is -0.320. The minimum Gasteiger partial charge on any atom is -0.336 e. The van der Waals surface area contributed by atoms with Crippen LogP contribution < -0.4 is 4.90 Å². The molecule has 152 valence electrons. The number of halogens is 1. The van der Waals surface area contributed by atoms with E-state index in [1.165, 1.54) is 12.1 Å². The first-order valence-electron chi connectivity index (χ1n) is 10.1. The van der Waals surface area contributed by atoms with E-state index in [4.69, 9.17) is 0 Å². The van der Waals surface area contributed by atoms with E-state index in [1.54, 1.807) is 17.0 Å². The molecule has 0 aromatic heterocycles. The van der Waals surface area contributed by atoms with Gasteiger partial charge in [-0.3, -0.25) is 14.5 Å². The van der Waals surface area contributed by atoms with Crippen LogP contribution in [0.3, 0.4) is 0 Å². The van der Waals surface area contributed by atoms with Gasteiger partial charge in [0.2, 0.25) is 5.91 Å². The maximum atomic E-state index is 13.5. The predicted octanol–water partition coefficient (Wildman–Crippen LogP) is 3.08. The molecule has 2 aromatic carbocycles. The summed E-state index contributed by atoms with van der Waals surface area (Å²) in [7, 11) is 0. The Kier molecular flexibility index (Phi) is 5.37. The molecule has 6 heteroatoms. The van der Waals surface area contributed by atoms with Gasteiger partial charge in [-0.2, -0.15) is 0 Å². The average Bonchev–Trinajstić information content (AvgIpc) is 3.02. The minimum atomic E-state index is -0.312. The highest BCUT2D eigenvalue weighted by molar-refractivity contribution is 6.03. The number of carbonyl (C=O) groups excluding carboxylic acids is 2. The summed E-state index contributed by atoms with van der Waals surface area (Å²) in [6.07, 6.45) is 0.271. The molecule has 0 N–H and O–H groups in total. The van der Waals surface area contributed by atoms with Gasteiger partial charge >= 0.3 is 0 Å². The fraction of sp³-hybridized carbons (Fsp3) is 0.391. The molecule has 0 bridgehead atoms. The zero-order chi connectivity index (χ0) is 20.5. The molecule has 0 saturated carbocycles. The topological polar surface area (TPSA) is 43.9 Å². The smallest absolute Gasteiger partial charge is 0.253 e. The monoisotopic (exact) mass is 395 g/mol. The Morgan fingerprint density at radius 2 is 1.83 bits per heavy atom. The summed E-state index contributed by atoms with van der Waals surface area (Å²) >= 11 is 0. The quantitative estimate of drug-likeness (QED) is 0.799. The van der Waals surface area contributed by atoms with Crippen LogP contribution in [0.5, 0.6) is 0 Å². The number of anilines is 1. The van der Waals surface area contributed by atoms with Crippen LogP contribution >= 0.6 is 0 Å². The molecule has 4 rings (SSSR count). The largest absolute Gasteiger partial charge is 0.336 e. The Bertz CT molecular complexity index is 935. The molecule has 2 aromatic rings. The maximum Gasteiger partial charge on any atom is 0.253 e. The summed E-state index contributed by atoms with van der Waals surface area (Å²) in [5, 5.41) is 0. The van der Waals surface area contributed by atoms with Gasteiger partial charge in [-0.05, 0) is 55.3 Å². The second-order valence-corrected chi connectivity index (χ2v) is 8.05. The van der Waals surface area contributed by atoms with Gasteiger partial charge in [0.1, 0.15) is 5.82 Å². The van der Waals surface area contributed by atoms with Crippen molar-refractivity contribution in [3.05, 3.63) is 65.0 Å². The van der Waals surface area contributed by atoms with Gasteiger partial charge in [0.05, 0.1) is 13.0 Å². The van der Waals surface area contributed by atoms with Crippen LogP contribution in [0.15, 0.2) is 42.5 Å². The van der Waals surface area contributed by atoms with Gasteiger partial charge in [-0.25, -0.2) is 4.39 Å². The van der Waals surface area contributed by atoms with Crippen molar-refractivity contribution in [2.75, 3.05) is 31.1 Å². The standard InChI is InChI=1S/C23H26FN3O2/c1-16(2)25-8-10-26(11-9-25)23(29)18-6-7-21-19(13-18)14-22(28)27(21)15-17-4-3-5-20(24)12-17/h3-7,12-13,16H,8-11,14-15H2,1-2H3. The Balaban J connectivity index is 1.49. The molecule has 0 aliphatic carbocycles. The molecule has 2 amide bonds. The number of hydrogen-bond acceptors (Lipinski definition) is 3. The second-order valence-electron chi connectivity index (χ2n) is 8.05. The first-order valence-corrected chi connectivity index (χ1v) is 10.1. The van der Waals surface area contributed by atoms with Crippen molar-refractivity contribution >= 4 is 17.5 Å². The zero-order valence-corrected chi connectivity index (χ0v) is 16.9. The van der Waals surface area contributed by atoms with Crippen molar-refractivity contribution in [2.45, 2.75) is 32.9 Å². The number of amides is 2. The van der Waals surface area contributed by atoms with E-state index in [1.807, 2.05) is 23.1 Å². The fourth-order valence-electron chi connectivity index (χ4n) is 4.13. The first kappa shape index (κ1) is 19.6. The van der Waals surface area contributed by atoms with E-state index in [0.717, 1.165) is 43.0 Å². The van der Waals surface area contributed by atoms with Crippen molar-refractivity contribution in [3.63, 3.8) is 0 Å². The number of hydrogen-bond donors (Lipinski definition) is 0. The summed E-state index contributed by atoms with van der Waals surface area (Å²) in [6, 6.07) is 12.3. The SMILES string of the molecule is CC(C)N1CCN(C(=O)c2ccc3c(c2)CC(=O)N3Cc2cccc(F)c2)CC1. The van der Waals surface area contributed by atoms with E-state index >= 15 is 0 Å². The Labute approximate surface area is 170 Å². The first-order chi connectivity index (χ1) is 13.9. The molecular weight excluding hydrogens is 369 g/mol. The van der Waals surface area contributed by atoms with Gasteiger partial charge in [0.25, 0.3) is 5.91 Å². The third kappa shape index (κ3) is 4.03. The van der Waals surface area contributed by atoms with Crippen molar-refractivity contribution in [3.8, 4) is 0 Å². The van der Waals surface area contributed by atoms with Crippen LogP contribution in [0, 0.1) is 5.82 Å². The number of carbonyl (C=O) groups is 2. The third-order valence-electron chi connectivity index (χ3n) is 5.82. The lowest BCUT2D eigenvalue weighted by Crippen LogP contribution is -2.50. The molecule has 0 atom stereocenters. The van der Waals surface area contributed by atoms with Gasteiger partial charge in [-0.1, -0.05) is 12.1 Å². The lowest BCUT2D eigenvalue weighted by atomic mass is 10.1. The second kappa shape index (κ2) is 7.95. The highest BCUT2D eigenvalue weighted by atomic mass is 19.1. The van der Waals surface area contributed by atoms with Crippen LogP contribution in [0.2, 0.25) is 0 Å². The van der Waals surface area contributed by atoms with E-state index in [2.05, 4.69) is 18.7 Å². The van der Waals surface area contributed by atoms with Crippen LogP contribution in [-0.4, -0.2) is 53.8 Å². The van der Waals surface area contributed by atoms with Crippen molar-refractivity contribution < 1.29 is 14.0 Å². The minimum absolute atomic E-state index is 0.0206. The molecule has 0 spiro atoms. The molecular formula is C23H26FN3O2. The normalized spacial score (nSPS) is 17.2. The molecule has 2 aliphatic rings. The van der Waals surface area contributed by atoms with Gasteiger partial charge in [-0.15, -0.1) is 0 Å². The molecule has 1 fully saturated rings. The Morgan fingerprint density at radius 3 is 2.52 bits per heavy atom. The third-order valence-corrected chi connectivity index (χ3v) is 5.82. The predicted molar refractivity (Wildman–Crippen MR) is 110 cm³/mol. The summed E-state index contributed by atoms with van der Waals surface area (Å²) < 4.78 is 13.5. The Morgan fingerprint density at radius 1 is 1.07 bits per heavy atom. The Hall–Kier alpha value is -2.73. The number of piperazine rings is 1. The number of rotatable bonds is 4. The lowest BCUT2D eigenvalue weighted by molar-refractivity contribution is -0.117. The van der Waals surface area contributed by atoms with E-state index in [-0.39, 0.29) is 24.1 Å². The lowest BCUT2D eigenvalue weighted by Gasteiger charge is -2.37. The van der Waals surface area contributed by atoms with Crippen LogP contribution in [0.25, 0.3) is 0 Å². The van der Waals surface area contributed by atoms with Crippen molar-refractivity contribution in [2.24, 2.45) is 0 Å². The molecule has 2 aliphatic heterocycles. The van der Waals surface area contributed by atoms with E-state index in [0.29, 0.717) is 18.2 Å². The number of benzene rings is 2. The summed E-state index contributed by atoms with van der Waals surface area (Å²) in [6.45, 7) is 7.88. The van der Waals surface area contributed by atoms with Gasteiger partial charge < -0.3 is 9.80 Å². The van der Waals surface area contributed by atoms with Crippen LogP contribution in [0.4, 0.5) is 10.1 Å². The summed E-state index contributed by atoms with van der Waals surface area (Å²) in [4.78, 5) is 31.4. The molecule has 2 heterocycles. The molecule has 1 saturated heterocycles. The molecule has 5 nitrogen and oxygen atoms in total. The number of nitrogens with zero attached hydrogens (tertiary/aromatic N) is 3.